The standard InChI is InChI=1S/C11H6F9I/c1-5-2-6(4-7(21)3-5)8(12,10(15,16)17)9(13,14)11(18,19)20/h2-4H,1H3. The summed E-state index contributed by atoms with van der Waals surface area (Å²) in [5.41, 5.74) is -7.74. The number of halogens is 10. The molecule has 0 aliphatic carbocycles. The van der Waals surface area contributed by atoms with Gasteiger partial charge in [0.2, 0.25) is 0 Å². The van der Waals surface area contributed by atoms with Crippen LogP contribution in [0.3, 0.4) is 0 Å². The molecule has 0 heterocycles. The van der Waals surface area contributed by atoms with E-state index in [1.54, 1.807) is 0 Å². The Morgan fingerprint density at radius 3 is 1.57 bits per heavy atom. The Kier molecular flexibility index (Phi) is 4.55. The van der Waals surface area contributed by atoms with Crippen molar-refractivity contribution in [3.8, 4) is 0 Å². The van der Waals surface area contributed by atoms with Gasteiger partial charge in [0.25, 0.3) is 0 Å². The second kappa shape index (κ2) is 5.20. The van der Waals surface area contributed by atoms with Crippen LogP contribution < -0.4 is 0 Å². The molecule has 120 valence electrons. The minimum Gasteiger partial charge on any atom is -0.221 e. The molecule has 21 heavy (non-hydrogen) atoms. The highest BCUT2D eigenvalue weighted by Gasteiger charge is 2.81. The summed E-state index contributed by atoms with van der Waals surface area (Å²) >= 11 is 1.39. The van der Waals surface area contributed by atoms with E-state index >= 15 is 0 Å². The predicted octanol–water partition coefficient (Wildman–Crippen LogP) is 5.52. The monoisotopic (exact) mass is 436 g/mol. The molecule has 10 heteroatoms. The summed E-state index contributed by atoms with van der Waals surface area (Å²) in [4.78, 5) is 0. The maximum atomic E-state index is 14.1. The molecule has 0 N–H and O–H groups in total. The second-order valence-electron chi connectivity index (χ2n) is 4.25. The zero-order valence-corrected chi connectivity index (χ0v) is 12.2. The molecule has 1 rings (SSSR count). The summed E-state index contributed by atoms with van der Waals surface area (Å²) in [6, 6.07) is 1.82. The third-order valence-electron chi connectivity index (χ3n) is 2.62. The van der Waals surface area contributed by atoms with Crippen LogP contribution in [0.15, 0.2) is 18.2 Å². The summed E-state index contributed by atoms with van der Waals surface area (Å²) in [6.07, 6.45) is -13.2. The smallest absolute Gasteiger partial charge is 0.221 e. The van der Waals surface area contributed by atoms with E-state index < -0.39 is 29.5 Å². The van der Waals surface area contributed by atoms with Crippen molar-refractivity contribution in [2.45, 2.75) is 30.9 Å². The largest absolute Gasteiger partial charge is 0.457 e. The molecule has 0 bridgehead atoms. The van der Waals surface area contributed by atoms with Gasteiger partial charge in [0.1, 0.15) is 0 Å². The van der Waals surface area contributed by atoms with E-state index in [0.717, 1.165) is 6.92 Å². The van der Waals surface area contributed by atoms with Gasteiger partial charge in [0, 0.05) is 9.13 Å². The molecular weight excluding hydrogens is 430 g/mol. The Balaban J connectivity index is 3.71. The minimum atomic E-state index is -6.70. The topological polar surface area (TPSA) is 0 Å². The molecule has 0 fully saturated rings. The SMILES string of the molecule is Cc1cc(I)cc(C(F)(C(F)(F)F)C(F)(F)C(F)(F)F)c1. The molecule has 0 aliphatic heterocycles. The Bertz CT molecular complexity index is 511. The van der Waals surface area contributed by atoms with Gasteiger partial charge in [0.15, 0.2) is 0 Å². The van der Waals surface area contributed by atoms with Crippen LogP contribution in [-0.2, 0) is 5.67 Å². The van der Waals surface area contributed by atoms with Crippen LogP contribution in [0.4, 0.5) is 39.5 Å². The number of hydrogen-bond acceptors (Lipinski definition) is 0. The van der Waals surface area contributed by atoms with Gasteiger partial charge >= 0.3 is 23.9 Å². The molecular formula is C11H6F9I. The number of hydrogen-bond donors (Lipinski definition) is 0. The molecule has 0 saturated carbocycles. The summed E-state index contributed by atoms with van der Waals surface area (Å²) in [6.45, 7) is 1.15. The summed E-state index contributed by atoms with van der Waals surface area (Å²) in [7, 11) is 0. The Hall–Kier alpha value is -0.680. The van der Waals surface area contributed by atoms with Crippen LogP contribution >= 0.6 is 22.6 Å². The lowest BCUT2D eigenvalue weighted by Gasteiger charge is -2.36. The van der Waals surface area contributed by atoms with Crippen molar-refractivity contribution in [3.05, 3.63) is 32.9 Å². The second-order valence-corrected chi connectivity index (χ2v) is 5.49. The lowest BCUT2D eigenvalue weighted by Crippen LogP contribution is -2.59. The number of aryl methyl sites for hydroxylation is 1. The van der Waals surface area contributed by atoms with Crippen molar-refractivity contribution >= 4 is 22.6 Å². The number of benzene rings is 1. The van der Waals surface area contributed by atoms with E-state index in [1.807, 2.05) is 0 Å². The van der Waals surface area contributed by atoms with Crippen molar-refractivity contribution in [1.29, 1.82) is 0 Å². The van der Waals surface area contributed by atoms with E-state index in [-0.39, 0.29) is 9.13 Å². The van der Waals surface area contributed by atoms with Gasteiger partial charge < -0.3 is 0 Å². The molecule has 1 aromatic carbocycles. The molecule has 0 aromatic heterocycles. The molecule has 0 aliphatic rings. The van der Waals surface area contributed by atoms with Crippen LogP contribution in [0.2, 0.25) is 0 Å². The van der Waals surface area contributed by atoms with E-state index in [2.05, 4.69) is 0 Å². The van der Waals surface area contributed by atoms with Gasteiger partial charge in [-0.2, -0.15) is 35.1 Å². The predicted molar refractivity (Wildman–Crippen MR) is 63.7 cm³/mol. The molecule has 1 unspecified atom stereocenters. The number of alkyl halides is 9. The average molecular weight is 436 g/mol. The van der Waals surface area contributed by atoms with Crippen LogP contribution in [0.25, 0.3) is 0 Å². The van der Waals surface area contributed by atoms with Gasteiger partial charge in [-0.1, -0.05) is 6.07 Å². The molecule has 0 saturated heterocycles. The quantitative estimate of drug-likeness (QED) is 0.423. The van der Waals surface area contributed by atoms with E-state index in [0.29, 0.717) is 12.1 Å². The number of rotatable bonds is 2. The fourth-order valence-electron chi connectivity index (χ4n) is 1.65. The van der Waals surface area contributed by atoms with Crippen LogP contribution in [-0.4, -0.2) is 18.3 Å². The van der Waals surface area contributed by atoms with Crippen LogP contribution in [0.5, 0.6) is 0 Å². The third kappa shape index (κ3) is 2.95. The third-order valence-corrected chi connectivity index (χ3v) is 3.24. The maximum Gasteiger partial charge on any atom is 0.457 e. The first-order chi connectivity index (χ1) is 9.14. The highest BCUT2D eigenvalue weighted by Crippen LogP contribution is 2.58. The van der Waals surface area contributed by atoms with Crippen LogP contribution in [0, 0.1) is 10.5 Å². The van der Waals surface area contributed by atoms with E-state index in [9.17, 15) is 39.5 Å². The summed E-state index contributed by atoms with van der Waals surface area (Å²) in [5.74, 6) is -6.63. The lowest BCUT2D eigenvalue weighted by atomic mass is 9.87. The first kappa shape index (κ1) is 18.4. The highest BCUT2D eigenvalue weighted by atomic mass is 127. The summed E-state index contributed by atoms with van der Waals surface area (Å²) in [5, 5.41) is 0. The van der Waals surface area contributed by atoms with Crippen molar-refractivity contribution in [1.82, 2.24) is 0 Å². The van der Waals surface area contributed by atoms with Gasteiger partial charge in [-0.25, -0.2) is 4.39 Å². The van der Waals surface area contributed by atoms with Gasteiger partial charge in [-0.3, -0.25) is 0 Å². The normalized spacial score (nSPS) is 16.7. The van der Waals surface area contributed by atoms with Crippen molar-refractivity contribution in [3.63, 3.8) is 0 Å². The van der Waals surface area contributed by atoms with Gasteiger partial charge in [-0.15, -0.1) is 0 Å². The van der Waals surface area contributed by atoms with Crippen molar-refractivity contribution < 1.29 is 39.5 Å². The fraction of sp³-hybridized carbons (Fsp3) is 0.455. The van der Waals surface area contributed by atoms with E-state index in [4.69, 9.17) is 0 Å². The minimum absolute atomic E-state index is 0.0823. The fourth-order valence-corrected chi connectivity index (χ4v) is 2.48. The Morgan fingerprint density at radius 1 is 0.762 bits per heavy atom. The average Bonchev–Trinajstić information content (AvgIpc) is 2.22. The lowest BCUT2D eigenvalue weighted by molar-refractivity contribution is -0.389. The zero-order valence-electron chi connectivity index (χ0n) is 10.0. The van der Waals surface area contributed by atoms with Gasteiger partial charge in [-0.05, 0) is 47.2 Å². The highest BCUT2D eigenvalue weighted by molar-refractivity contribution is 14.1. The first-order valence-electron chi connectivity index (χ1n) is 5.12. The molecule has 1 aromatic rings. The zero-order chi connectivity index (χ0) is 16.9. The van der Waals surface area contributed by atoms with Crippen LogP contribution in [0.1, 0.15) is 11.1 Å². The molecule has 0 nitrogen and oxygen atoms in total. The molecule has 0 spiro atoms. The molecule has 1 atom stereocenters. The first-order valence-corrected chi connectivity index (χ1v) is 6.20. The van der Waals surface area contributed by atoms with Crippen molar-refractivity contribution in [2.24, 2.45) is 0 Å². The Morgan fingerprint density at radius 2 is 1.24 bits per heavy atom. The van der Waals surface area contributed by atoms with Crippen molar-refractivity contribution in [2.75, 3.05) is 0 Å². The summed E-state index contributed by atoms with van der Waals surface area (Å²) < 4.78 is 115. The Labute approximate surface area is 126 Å². The maximum absolute atomic E-state index is 14.1. The van der Waals surface area contributed by atoms with Gasteiger partial charge in [0.05, 0.1) is 0 Å². The van der Waals surface area contributed by atoms with E-state index in [1.165, 1.54) is 28.7 Å². The molecule has 0 radical (unpaired) electrons. The molecule has 0 amide bonds.